The first-order valence-electron chi connectivity index (χ1n) is 11.5. The Bertz CT molecular complexity index is 922. The number of benzene rings is 1. The molecule has 3 atom stereocenters. The highest BCUT2D eigenvalue weighted by Crippen LogP contribution is 2.41. The van der Waals surface area contributed by atoms with Crippen molar-refractivity contribution in [1.82, 2.24) is 20.4 Å². The van der Waals surface area contributed by atoms with Crippen LogP contribution in [0.25, 0.3) is 11.3 Å². The number of aromatic nitrogens is 2. The number of anilines is 2. The average molecular weight is 441 g/mol. The third-order valence-corrected chi connectivity index (χ3v) is 7.18. The number of phenolic OH excluding ortho intramolecular Hbond substituents is 1. The summed E-state index contributed by atoms with van der Waals surface area (Å²) in [6.07, 6.45) is 2.46. The van der Waals surface area contributed by atoms with E-state index in [1.165, 1.54) is 12.8 Å². The van der Waals surface area contributed by atoms with Crippen molar-refractivity contribution in [3.05, 3.63) is 30.3 Å². The molecular weight excluding hydrogens is 404 g/mol. The molecule has 0 radical (unpaired) electrons. The smallest absolute Gasteiger partial charge is 0.169 e. The summed E-state index contributed by atoms with van der Waals surface area (Å²) in [5, 5.41) is 21.8. The zero-order valence-electron chi connectivity index (χ0n) is 19.6. The van der Waals surface area contributed by atoms with E-state index in [1.807, 2.05) is 25.2 Å². The molecule has 4 rings (SSSR count). The molecule has 2 saturated heterocycles. The van der Waals surface area contributed by atoms with Crippen LogP contribution in [0.5, 0.6) is 5.75 Å². The summed E-state index contributed by atoms with van der Waals surface area (Å²) in [6, 6.07) is 10.0. The lowest BCUT2D eigenvalue weighted by atomic mass is 9.92. The fourth-order valence-corrected chi connectivity index (χ4v) is 5.26. The van der Waals surface area contributed by atoms with Gasteiger partial charge in [-0.25, -0.2) is 0 Å². The van der Waals surface area contributed by atoms with E-state index in [0.29, 0.717) is 35.8 Å². The lowest BCUT2D eigenvalue weighted by molar-refractivity contribution is -0.0695. The Morgan fingerprint density at radius 2 is 1.91 bits per heavy atom. The number of phenols is 1. The highest BCUT2D eigenvalue weighted by atomic mass is 16.5. The fourth-order valence-electron chi connectivity index (χ4n) is 5.26. The largest absolute Gasteiger partial charge is 0.507 e. The summed E-state index contributed by atoms with van der Waals surface area (Å²) in [5.41, 5.74) is 8.40. The van der Waals surface area contributed by atoms with Gasteiger partial charge in [0.1, 0.15) is 5.75 Å². The van der Waals surface area contributed by atoms with E-state index < -0.39 is 0 Å². The summed E-state index contributed by atoms with van der Waals surface area (Å²) < 4.78 is 6.15. The first kappa shape index (κ1) is 22.8. The minimum Gasteiger partial charge on any atom is -0.507 e. The van der Waals surface area contributed by atoms with E-state index >= 15 is 0 Å². The number of fused-ring (bicyclic) bond motifs is 2. The second-order valence-electron chi connectivity index (χ2n) is 9.48. The quantitative estimate of drug-likeness (QED) is 0.539. The number of para-hydroxylation sites is 1. The highest BCUT2D eigenvalue weighted by molar-refractivity contribution is 5.74. The van der Waals surface area contributed by atoms with Crippen LogP contribution in [0.1, 0.15) is 33.6 Å². The maximum Gasteiger partial charge on any atom is 0.169 e. The molecule has 0 saturated carbocycles. The minimum absolute atomic E-state index is 0.0608. The normalized spacial score (nSPS) is 22.3. The molecule has 1 aromatic heterocycles. The number of nitrogen functional groups attached to an aromatic ring is 1. The van der Waals surface area contributed by atoms with Crippen LogP contribution in [-0.2, 0) is 4.74 Å². The zero-order chi connectivity index (χ0) is 22.9. The number of nitrogens with two attached hydrogens (primary N) is 1. The van der Waals surface area contributed by atoms with Crippen molar-refractivity contribution < 1.29 is 9.84 Å². The number of hydrogen-bond donors (Lipinski definition) is 3. The first-order valence-corrected chi connectivity index (χ1v) is 11.5. The predicted molar refractivity (Wildman–Crippen MR) is 128 cm³/mol. The third-order valence-electron chi connectivity index (χ3n) is 7.18. The van der Waals surface area contributed by atoms with Crippen LogP contribution in [0.3, 0.4) is 0 Å². The molecule has 2 aliphatic rings. The predicted octanol–water partition coefficient (Wildman–Crippen LogP) is 2.49. The monoisotopic (exact) mass is 440 g/mol. The Labute approximate surface area is 190 Å². The van der Waals surface area contributed by atoms with Crippen molar-refractivity contribution in [3.63, 3.8) is 0 Å². The zero-order valence-corrected chi connectivity index (χ0v) is 19.6. The van der Waals surface area contributed by atoms with Gasteiger partial charge in [0, 0.05) is 42.8 Å². The Morgan fingerprint density at radius 3 is 2.56 bits per heavy atom. The fraction of sp³-hybridized carbons (Fsp3) is 0.583. The molecule has 0 aliphatic carbocycles. The summed E-state index contributed by atoms with van der Waals surface area (Å²) >= 11 is 0. The van der Waals surface area contributed by atoms with E-state index in [0.717, 1.165) is 25.3 Å². The Morgan fingerprint density at radius 1 is 1.22 bits per heavy atom. The molecule has 2 fully saturated rings. The molecule has 4 N–H and O–H groups in total. The molecule has 2 bridgehead atoms. The maximum atomic E-state index is 10.2. The number of nitrogens with one attached hydrogen (secondary N) is 1. The minimum atomic E-state index is -0.0608. The van der Waals surface area contributed by atoms with Crippen LogP contribution in [0, 0.1) is 0 Å². The molecule has 1 aromatic carbocycles. The van der Waals surface area contributed by atoms with E-state index in [1.54, 1.807) is 12.1 Å². The van der Waals surface area contributed by atoms with Gasteiger partial charge < -0.3 is 25.8 Å². The SMILES string of the molecule is CNCCO[C@@H](C)C(C)(C)N1C2CCC1CN(c1cc(-c3ccccc3O)nnc1N)C2. The molecule has 32 heavy (non-hydrogen) atoms. The molecular formula is C24H36N6O2. The third kappa shape index (κ3) is 4.27. The number of hydrogen-bond acceptors (Lipinski definition) is 8. The standard InChI is InChI=1S/C24H36N6O2/c1-16(32-12-11-26-4)24(2,3)30-17-9-10-18(30)15-29(14-17)21-13-20(27-28-23(21)25)19-7-5-6-8-22(19)31/h5-8,13,16-18,26,31H,9-12,14-15H2,1-4H3,(H2,25,28)/t16-,17?,18?/m0/s1. The number of aromatic hydroxyl groups is 1. The van der Waals surface area contributed by atoms with Gasteiger partial charge in [-0.2, -0.15) is 0 Å². The Kier molecular flexibility index (Phi) is 6.55. The second-order valence-corrected chi connectivity index (χ2v) is 9.48. The molecule has 0 amide bonds. The lowest BCUT2D eigenvalue weighted by Gasteiger charge is -2.51. The van der Waals surface area contributed by atoms with Gasteiger partial charge in [0.15, 0.2) is 5.82 Å². The molecule has 2 aromatic rings. The number of nitrogens with zero attached hydrogens (tertiary/aromatic N) is 4. The van der Waals surface area contributed by atoms with Crippen LogP contribution in [0.4, 0.5) is 11.5 Å². The number of rotatable bonds is 8. The summed E-state index contributed by atoms with van der Waals surface area (Å²) in [6.45, 7) is 10.1. The Hall–Kier alpha value is -2.42. The summed E-state index contributed by atoms with van der Waals surface area (Å²) in [5.74, 6) is 0.622. The molecule has 8 nitrogen and oxygen atoms in total. The van der Waals surface area contributed by atoms with E-state index in [9.17, 15) is 5.11 Å². The molecule has 174 valence electrons. The van der Waals surface area contributed by atoms with Crippen molar-refractivity contribution in [1.29, 1.82) is 0 Å². The summed E-state index contributed by atoms with van der Waals surface area (Å²) in [4.78, 5) is 5.01. The van der Waals surface area contributed by atoms with Crippen molar-refractivity contribution in [3.8, 4) is 17.0 Å². The summed E-state index contributed by atoms with van der Waals surface area (Å²) in [7, 11) is 1.95. The maximum absolute atomic E-state index is 10.2. The average Bonchev–Trinajstić information content (AvgIpc) is 3.06. The van der Waals surface area contributed by atoms with Gasteiger partial charge in [0.25, 0.3) is 0 Å². The first-order chi connectivity index (χ1) is 15.3. The van der Waals surface area contributed by atoms with Crippen molar-refractivity contribution in [2.24, 2.45) is 0 Å². The van der Waals surface area contributed by atoms with Gasteiger partial charge in [-0.1, -0.05) is 12.1 Å². The van der Waals surface area contributed by atoms with Crippen LogP contribution in [0.2, 0.25) is 0 Å². The van der Waals surface area contributed by atoms with Gasteiger partial charge in [0.2, 0.25) is 0 Å². The van der Waals surface area contributed by atoms with Crippen LogP contribution in [-0.4, -0.2) is 77.2 Å². The number of piperazine rings is 1. The molecule has 2 aliphatic heterocycles. The van der Waals surface area contributed by atoms with Crippen molar-refractivity contribution >= 4 is 11.5 Å². The molecule has 8 heteroatoms. The lowest BCUT2D eigenvalue weighted by Crippen LogP contribution is -2.64. The van der Waals surface area contributed by atoms with Crippen LogP contribution >= 0.6 is 0 Å². The van der Waals surface area contributed by atoms with Crippen molar-refractivity contribution in [2.75, 3.05) is 43.9 Å². The second kappa shape index (κ2) is 9.21. The van der Waals surface area contributed by atoms with Gasteiger partial charge in [0.05, 0.1) is 24.1 Å². The van der Waals surface area contributed by atoms with Gasteiger partial charge in [-0.15, -0.1) is 10.2 Å². The topological polar surface area (TPSA) is 99.8 Å². The van der Waals surface area contributed by atoms with E-state index in [4.69, 9.17) is 10.5 Å². The number of likely N-dealkylation sites (N-methyl/N-ethyl adjacent to an activating group) is 1. The molecule has 0 spiro atoms. The van der Waals surface area contributed by atoms with Crippen LogP contribution in [0.15, 0.2) is 30.3 Å². The highest BCUT2D eigenvalue weighted by Gasteiger charge is 2.49. The van der Waals surface area contributed by atoms with E-state index in [-0.39, 0.29) is 17.4 Å². The molecule has 3 heterocycles. The van der Waals surface area contributed by atoms with Crippen molar-refractivity contribution in [2.45, 2.75) is 57.3 Å². The van der Waals surface area contributed by atoms with Gasteiger partial charge in [-0.3, -0.25) is 4.90 Å². The van der Waals surface area contributed by atoms with Gasteiger partial charge >= 0.3 is 0 Å². The Balaban J connectivity index is 1.54. The van der Waals surface area contributed by atoms with Gasteiger partial charge in [-0.05, 0) is 58.9 Å². The number of ether oxygens (including phenoxy) is 1. The van der Waals surface area contributed by atoms with Crippen LogP contribution < -0.4 is 16.0 Å². The van der Waals surface area contributed by atoms with E-state index in [2.05, 4.69) is 46.1 Å². The molecule has 2 unspecified atom stereocenters.